The molecule has 0 aliphatic carbocycles. The molecule has 3 unspecified atom stereocenters. The molecule has 60 heavy (non-hydrogen) atoms. The van der Waals surface area contributed by atoms with E-state index in [1.165, 1.54) is 154 Å². The SMILES string of the molecule is CCCCCC/C=C\CCCCCCCC(=O)OC(CO)COP(=O)(O)OCC(CO)OC(=O)CCCCCCCCCCCCCCCCCCCCCCCCCC. The van der Waals surface area contributed by atoms with Crippen molar-refractivity contribution < 1.29 is 47.8 Å². The molecule has 0 saturated carbocycles. The number of rotatable bonds is 48. The average molecular weight is 875 g/mol. The van der Waals surface area contributed by atoms with E-state index in [9.17, 15) is 29.3 Å². The van der Waals surface area contributed by atoms with Gasteiger partial charge in [0, 0.05) is 12.8 Å². The Morgan fingerprint density at radius 2 is 0.683 bits per heavy atom. The van der Waals surface area contributed by atoms with Crippen molar-refractivity contribution in [2.75, 3.05) is 26.4 Å². The summed E-state index contributed by atoms with van der Waals surface area (Å²) in [4.78, 5) is 34.6. The van der Waals surface area contributed by atoms with Gasteiger partial charge in [-0.2, -0.15) is 0 Å². The molecule has 0 bridgehead atoms. The second-order valence-corrected chi connectivity index (χ2v) is 18.6. The second-order valence-electron chi connectivity index (χ2n) is 17.2. The number of unbranched alkanes of at least 4 members (excludes halogenated alkanes) is 32. The van der Waals surface area contributed by atoms with Gasteiger partial charge in [0.05, 0.1) is 26.4 Å². The highest BCUT2D eigenvalue weighted by atomic mass is 31.2. The lowest BCUT2D eigenvalue weighted by Crippen LogP contribution is -2.28. The number of aliphatic hydroxyl groups is 2. The van der Waals surface area contributed by atoms with E-state index >= 15 is 0 Å². The van der Waals surface area contributed by atoms with Gasteiger partial charge >= 0.3 is 19.8 Å². The molecular weight excluding hydrogens is 780 g/mol. The van der Waals surface area contributed by atoms with Gasteiger partial charge in [0.2, 0.25) is 0 Å². The van der Waals surface area contributed by atoms with Gasteiger partial charge in [-0.05, 0) is 38.5 Å². The highest BCUT2D eigenvalue weighted by Crippen LogP contribution is 2.43. The van der Waals surface area contributed by atoms with E-state index in [1.807, 2.05) is 0 Å². The largest absolute Gasteiger partial charge is 0.472 e. The zero-order valence-electron chi connectivity index (χ0n) is 38.9. The van der Waals surface area contributed by atoms with Gasteiger partial charge in [-0.15, -0.1) is 0 Å². The molecule has 0 rings (SSSR count). The highest BCUT2D eigenvalue weighted by molar-refractivity contribution is 7.47. The Kier molecular flexibility index (Phi) is 44.7. The maximum Gasteiger partial charge on any atom is 0.472 e. The summed E-state index contributed by atoms with van der Waals surface area (Å²) in [7, 11) is -4.64. The summed E-state index contributed by atoms with van der Waals surface area (Å²) in [6, 6.07) is 0. The lowest BCUT2D eigenvalue weighted by Gasteiger charge is -2.20. The summed E-state index contributed by atoms with van der Waals surface area (Å²) in [5, 5.41) is 19.2. The van der Waals surface area contributed by atoms with Gasteiger partial charge in [-0.1, -0.05) is 212 Å². The molecule has 0 aromatic heterocycles. The maximum absolute atomic E-state index is 12.4. The van der Waals surface area contributed by atoms with E-state index in [0.717, 1.165) is 57.8 Å². The van der Waals surface area contributed by atoms with E-state index in [0.29, 0.717) is 12.8 Å². The predicted molar refractivity (Wildman–Crippen MR) is 247 cm³/mol. The van der Waals surface area contributed by atoms with Crippen LogP contribution in [0.5, 0.6) is 0 Å². The third-order valence-electron chi connectivity index (χ3n) is 11.2. The van der Waals surface area contributed by atoms with Crippen molar-refractivity contribution in [3.05, 3.63) is 12.2 Å². The molecule has 0 fully saturated rings. The van der Waals surface area contributed by atoms with Crippen LogP contribution in [0.25, 0.3) is 0 Å². The molecule has 0 aromatic rings. The van der Waals surface area contributed by atoms with E-state index < -0.39 is 58.4 Å². The molecule has 0 amide bonds. The van der Waals surface area contributed by atoms with Crippen molar-refractivity contribution in [2.45, 2.75) is 264 Å². The number of hydrogen-bond donors (Lipinski definition) is 3. The molecule has 0 aromatic carbocycles. The number of phosphoric ester groups is 1. The lowest BCUT2D eigenvalue weighted by molar-refractivity contribution is -0.153. The number of carbonyl (C=O) groups excluding carboxylic acids is 2. The summed E-state index contributed by atoms with van der Waals surface area (Å²) >= 11 is 0. The Labute approximate surface area is 368 Å². The first-order chi connectivity index (χ1) is 29.3. The van der Waals surface area contributed by atoms with Gasteiger partial charge in [-0.25, -0.2) is 4.57 Å². The van der Waals surface area contributed by atoms with Gasteiger partial charge < -0.3 is 24.6 Å². The Bertz CT molecular complexity index is 1010. The van der Waals surface area contributed by atoms with Crippen LogP contribution in [0.1, 0.15) is 251 Å². The molecule has 3 atom stereocenters. The third-order valence-corrected chi connectivity index (χ3v) is 12.2. The number of esters is 2. The van der Waals surface area contributed by atoms with Gasteiger partial charge in [0.1, 0.15) is 12.2 Å². The smallest absolute Gasteiger partial charge is 0.457 e. The highest BCUT2D eigenvalue weighted by Gasteiger charge is 2.27. The van der Waals surface area contributed by atoms with Crippen molar-refractivity contribution in [2.24, 2.45) is 0 Å². The quantitative estimate of drug-likeness (QED) is 0.0233. The molecule has 11 heteroatoms. The lowest BCUT2D eigenvalue weighted by atomic mass is 10.0. The van der Waals surface area contributed by atoms with Crippen molar-refractivity contribution in [3.63, 3.8) is 0 Å². The molecule has 0 aliphatic rings. The van der Waals surface area contributed by atoms with Crippen LogP contribution in [0.4, 0.5) is 0 Å². The summed E-state index contributed by atoms with van der Waals surface area (Å²) < 4.78 is 32.7. The molecule has 0 heterocycles. The summed E-state index contributed by atoms with van der Waals surface area (Å²) in [6.07, 6.45) is 46.3. The Morgan fingerprint density at radius 1 is 0.433 bits per heavy atom. The standard InChI is InChI=1S/C49H95O10P/c1-3-5-7-9-11-13-15-17-18-19-20-21-22-23-24-25-26-27-29-31-33-35-37-39-41-49(53)59-47(43-51)45-57-60(54,55)56-44-46(42-50)58-48(52)40-38-36-34-32-30-28-16-14-12-10-8-6-4-2/h14,16,46-47,50-51H,3-13,15,17-45H2,1-2H3,(H,54,55)/b16-14-. The van der Waals surface area contributed by atoms with E-state index in [-0.39, 0.29) is 12.8 Å². The number of aliphatic hydroxyl groups excluding tert-OH is 2. The van der Waals surface area contributed by atoms with Crippen LogP contribution in [-0.2, 0) is 32.7 Å². The molecule has 3 N–H and O–H groups in total. The predicted octanol–water partition coefficient (Wildman–Crippen LogP) is 14.0. The van der Waals surface area contributed by atoms with Crippen molar-refractivity contribution >= 4 is 19.8 Å². The number of ether oxygens (including phenoxy) is 2. The number of phosphoric acid groups is 1. The molecule has 356 valence electrons. The number of allylic oxidation sites excluding steroid dienone is 2. The fourth-order valence-corrected chi connectivity index (χ4v) is 8.13. The number of hydrogen-bond acceptors (Lipinski definition) is 9. The van der Waals surface area contributed by atoms with E-state index in [4.69, 9.17) is 18.5 Å². The Morgan fingerprint density at radius 3 is 0.967 bits per heavy atom. The van der Waals surface area contributed by atoms with Crippen LogP contribution in [0.15, 0.2) is 12.2 Å². The average Bonchev–Trinajstić information content (AvgIpc) is 3.24. The fraction of sp³-hybridized carbons (Fsp3) is 0.918. The minimum atomic E-state index is -4.64. The topological polar surface area (TPSA) is 149 Å². The van der Waals surface area contributed by atoms with Crippen LogP contribution < -0.4 is 0 Å². The van der Waals surface area contributed by atoms with Crippen LogP contribution in [-0.4, -0.2) is 65.7 Å². The molecule has 0 saturated heterocycles. The second kappa shape index (κ2) is 45.7. The summed E-state index contributed by atoms with van der Waals surface area (Å²) in [5.41, 5.74) is 0. The van der Waals surface area contributed by atoms with Crippen LogP contribution in [0.3, 0.4) is 0 Å². The number of carbonyl (C=O) groups is 2. The zero-order valence-corrected chi connectivity index (χ0v) is 39.8. The Hall–Kier alpha value is -1.29. The molecule has 0 aliphatic heterocycles. The summed E-state index contributed by atoms with van der Waals surface area (Å²) in [6.45, 7) is 2.23. The fourth-order valence-electron chi connectivity index (χ4n) is 7.35. The first kappa shape index (κ1) is 58.7. The zero-order chi connectivity index (χ0) is 44.0. The van der Waals surface area contributed by atoms with Crippen molar-refractivity contribution in [1.29, 1.82) is 0 Å². The van der Waals surface area contributed by atoms with Crippen molar-refractivity contribution in [1.82, 2.24) is 0 Å². The van der Waals surface area contributed by atoms with Crippen LogP contribution in [0.2, 0.25) is 0 Å². The monoisotopic (exact) mass is 875 g/mol. The first-order valence-corrected chi connectivity index (χ1v) is 26.6. The van der Waals surface area contributed by atoms with Gasteiger partial charge in [0.15, 0.2) is 0 Å². The normalized spacial score (nSPS) is 13.8. The first-order valence-electron chi connectivity index (χ1n) is 25.1. The maximum atomic E-state index is 12.4. The summed E-state index contributed by atoms with van der Waals surface area (Å²) in [5.74, 6) is -1.02. The minimum Gasteiger partial charge on any atom is -0.457 e. The van der Waals surface area contributed by atoms with Gasteiger partial charge in [0.25, 0.3) is 0 Å². The molecule has 10 nitrogen and oxygen atoms in total. The van der Waals surface area contributed by atoms with E-state index in [2.05, 4.69) is 26.0 Å². The minimum absolute atomic E-state index is 0.185. The molecule has 0 radical (unpaired) electrons. The molecular formula is C49H95O10P. The van der Waals surface area contributed by atoms with Crippen LogP contribution >= 0.6 is 7.82 Å². The third kappa shape index (κ3) is 43.4. The van der Waals surface area contributed by atoms with Crippen molar-refractivity contribution in [3.8, 4) is 0 Å². The Balaban J connectivity index is 3.77. The van der Waals surface area contributed by atoms with E-state index in [1.54, 1.807) is 0 Å². The molecule has 0 spiro atoms. The van der Waals surface area contributed by atoms with Gasteiger partial charge in [-0.3, -0.25) is 18.6 Å². The van der Waals surface area contributed by atoms with Crippen LogP contribution in [0, 0.1) is 0 Å².